The first kappa shape index (κ1) is 19.0. The molecule has 1 aromatic carbocycles. The number of carbonyl (C=O) groups excluding carboxylic acids is 1. The number of anilines is 1. The van der Waals surface area contributed by atoms with Crippen LogP contribution in [0.1, 0.15) is 21.9 Å². The molecule has 1 aliphatic heterocycles. The summed E-state index contributed by atoms with van der Waals surface area (Å²) in [7, 11) is 1.14. The summed E-state index contributed by atoms with van der Waals surface area (Å²) in [5, 5.41) is 5.32. The number of hydrogen-bond donors (Lipinski definition) is 2. The summed E-state index contributed by atoms with van der Waals surface area (Å²) < 4.78 is 57.3. The van der Waals surface area contributed by atoms with Crippen LogP contribution in [-0.2, 0) is 12.6 Å². The minimum absolute atomic E-state index is 0.242. The van der Waals surface area contributed by atoms with E-state index in [9.17, 15) is 22.4 Å². The van der Waals surface area contributed by atoms with E-state index in [0.717, 1.165) is 18.7 Å². The van der Waals surface area contributed by atoms with Crippen molar-refractivity contribution >= 4 is 11.6 Å². The fraction of sp³-hybridized carbons (Fsp3) is 0.353. The van der Waals surface area contributed by atoms with Crippen molar-refractivity contribution in [3.8, 4) is 5.88 Å². The molecule has 1 saturated heterocycles. The lowest BCUT2D eigenvalue weighted by Gasteiger charge is -2.35. The Bertz CT molecular complexity index is 836. The number of amides is 1. The second-order valence-corrected chi connectivity index (χ2v) is 6.20. The number of nitrogens with zero attached hydrogens (tertiary/aromatic N) is 2. The van der Waals surface area contributed by atoms with Gasteiger partial charge in [0.15, 0.2) is 0 Å². The maximum Gasteiger partial charge on any atom is 0.451 e. The van der Waals surface area contributed by atoms with Crippen molar-refractivity contribution in [3.63, 3.8) is 0 Å². The highest BCUT2D eigenvalue weighted by Gasteiger charge is 2.37. The fourth-order valence-corrected chi connectivity index (χ4v) is 2.56. The molecule has 1 aromatic heterocycles. The zero-order valence-corrected chi connectivity index (χ0v) is 14.2. The topological polar surface area (TPSA) is 76.1 Å². The standard InChI is InChI=1S/C17H16F4N4O2/c1-27-13-6-12(24-15(25-13)17(19,20)21)14(26)23-11-4-2-10(3-5-11)7-16(18)8-22-9-16/h2-6,22H,7-9H2,1H3,(H,23,26). The molecule has 27 heavy (non-hydrogen) atoms. The number of rotatable bonds is 5. The Kier molecular flexibility index (Phi) is 5.01. The lowest BCUT2D eigenvalue weighted by molar-refractivity contribution is -0.145. The van der Waals surface area contributed by atoms with Gasteiger partial charge in [0.2, 0.25) is 11.7 Å². The summed E-state index contributed by atoms with van der Waals surface area (Å²) in [4.78, 5) is 18.7. The molecular formula is C17H16F4N4O2. The highest BCUT2D eigenvalue weighted by molar-refractivity contribution is 6.03. The molecule has 2 N–H and O–H groups in total. The van der Waals surface area contributed by atoms with Crippen molar-refractivity contribution in [2.45, 2.75) is 18.3 Å². The first-order chi connectivity index (χ1) is 12.7. The SMILES string of the molecule is COc1cc(C(=O)Nc2ccc(CC3(F)CNC3)cc2)nc(C(F)(F)F)n1. The molecule has 0 aliphatic carbocycles. The Morgan fingerprint density at radius 1 is 1.26 bits per heavy atom. The summed E-state index contributed by atoms with van der Waals surface area (Å²) in [6.07, 6.45) is -4.57. The highest BCUT2D eigenvalue weighted by Crippen LogP contribution is 2.28. The Morgan fingerprint density at radius 2 is 1.93 bits per heavy atom. The number of halogens is 4. The van der Waals surface area contributed by atoms with Gasteiger partial charge in [0, 0.05) is 31.3 Å². The average Bonchev–Trinajstić information content (AvgIpc) is 2.60. The van der Waals surface area contributed by atoms with Gasteiger partial charge in [-0.25, -0.2) is 9.37 Å². The summed E-state index contributed by atoms with van der Waals surface area (Å²) in [5.41, 5.74) is -0.660. The highest BCUT2D eigenvalue weighted by atomic mass is 19.4. The molecule has 0 radical (unpaired) electrons. The van der Waals surface area contributed by atoms with Crippen LogP contribution in [0.4, 0.5) is 23.2 Å². The third-order valence-electron chi connectivity index (χ3n) is 4.01. The van der Waals surface area contributed by atoms with E-state index in [1.165, 1.54) is 0 Å². The smallest absolute Gasteiger partial charge is 0.451 e. The quantitative estimate of drug-likeness (QED) is 0.775. The van der Waals surface area contributed by atoms with Gasteiger partial charge in [-0.2, -0.15) is 18.2 Å². The normalized spacial score (nSPS) is 15.7. The van der Waals surface area contributed by atoms with Crippen molar-refractivity contribution in [2.24, 2.45) is 0 Å². The minimum Gasteiger partial charge on any atom is -0.481 e. The number of carbonyl (C=O) groups is 1. The van der Waals surface area contributed by atoms with E-state index in [1.807, 2.05) is 0 Å². The van der Waals surface area contributed by atoms with Gasteiger partial charge in [0.05, 0.1) is 7.11 Å². The van der Waals surface area contributed by atoms with E-state index in [0.29, 0.717) is 18.8 Å². The zero-order chi connectivity index (χ0) is 19.7. The zero-order valence-electron chi connectivity index (χ0n) is 14.2. The summed E-state index contributed by atoms with van der Waals surface area (Å²) in [6, 6.07) is 7.40. The van der Waals surface area contributed by atoms with Gasteiger partial charge in [-0.3, -0.25) is 4.79 Å². The lowest BCUT2D eigenvalue weighted by Crippen LogP contribution is -2.57. The molecule has 6 nitrogen and oxygen atoms in total. The van der Waals surface area contributed by atoms with Gasteiger partial charge in [0.1, 0.15) is 11.4 Å². The van der Waals surface area contributed by atoms with Crippen molar-refractivity contribution in [1.29, 1.82) is 0 Å². The molecule has 1 amide bonds. The average molecular weight is 384 g/mol. The van der Waals surface area contributed by atoms with Crippen LogP contribution in [0.3, 0.4) is 0 Å². The van der Waals surface area contributed by atoms with Crippen LogP contribution in [-0.4, -0.2) is 41.7 Å². The molecule has 0 saturated carbocycles. The molecule has 2 heterocycles. The van der Waals surface area contributed by atoms with Gasteiger partial charge in [0.25, 0.3) is 5.91 Å². The van der Waals surface area contributed by atoms with Gasteiger partial charge in [-0.05, 0) is 17.7 Å². The molecule has 3 rings (SSSR count). The molecule has 144 valence electrons. The molecule has 1 fully saturated rings. The van der Waals surface area contributed by atoms with Crippen LogP contribution < -0.4 is 15.4 Å². The molecule has 0 spiro atoms. The maximum atomic E-state index is 14.1. The number of nitrogens with one attached hydrogen (secondary N) is 2. The van der Waals surface area contributed by atoms with Crippen LogP contribution in [0.5, 0.6) is 5.88 Å². The number of methoxy groups -OCH3 is 1. The third-order valence-corrected chi connectivity index (χ3v) is 4.01. The molecule has 0 unspecified atom stereocenters. The van der Waals surface area contributed by atoms with Gasteiger partial charge in [-0.15, -0.1) is 0 Å². The van der Waals surface area contributed by atoms with Crippen LogP contribution in [0.25, 0.3) is 0 Å². The van der Waals surface area contributed by atoms with Crippen LogP contribution in [0.2, 0.25) is 0 Å². The number of hydrogen-bond acceptors (Lipinski definition) is 5. The van der Waals surface area contributed by atoms with Gasteiger partial charge >= 0.3 is 6.18 Å². The second-order valence-electron chi connectivity index (χ2n) is 6.20. The Balaban J connectivity index is 1.73. The minimum atomic E-state index is -4.82. The van der Waals surface area contributed by atoms with Crippen LogP contribution >= 0.6 is 0 Å². The lowest BCUT2D eigenvalue weighted by atomic mass is 9.91. The van der Waals surface area contributed by atoms with E-state index in [2.05, 4.69) is 20.6 Å². The second kappa shape index (κ2) is 7.10. The number of benzene rings is 1. The molecule has 0 atom stereocenters. The molecule has 1 aliphatic rings. The van der Waals surface area contributed by atoms with Crippen molar-refractivity contribution in [3.05, 3.63) is 47.4 Å². The molecule has 10 heteroatoms. The summed E-state index contributed by atoms with van der Waals surface area (Å²) in [6.45, 7) is 0.588. The number of alkyl halides is 4. The summed E-state index contributed by atoms with van der Waals surface area (Å²) in [5.74, 6) is -2.69. The van der Waals surface area contributed by atoms with Crippen LogP contribution in [0, 0.1) is 0 Å². The molecule has 0 bridgehead atoms. The van der Waals surface area contributed by atoms with E-state index in [1.54, 1.807) is 24.3 Å². The predicted octanol–water partition coefficient (Wildman–Crippen LogP) is 2.61. The van der Waals surface area contributed by atoms with Crippen molar-refractivity contribution in [2.75, 3.05) is 25.5 Å². The first-order valence-electron chi connectivity index (χ1n) is 7.99. The van der Waals surface area contributed by atoms with Gasteiger partial charge < -0.3 is 15.4 Å². The van der Waals surface area contributed by atoms with E-state index < -0.39 is 29.3 Å². The van der Waals surface area contributed by atoms with Gasteiger partial charge in [-0.1, -0.05) is 12.1 Å². The Morgan fingerprint density at radius 3 is 2.44 bits per heavy atom. The number of ether oxygens (including phenoxy) is 1. The Labute approximate surface area is 152 Å². The van der Waals surface area contributed by atoms with E-state index >= 15 is 0 Å². The van der Waals surface area contributed by atoms with Crippen LogP contribution in [0.15, 0.2) is 30.3 Å². The predicted molar refractivity (Wildman–Crippen MR) is 88.4 cm³/mol. The number of aromatic nitrogens is 2. The van der Waals surface area contributed by atoms with E-state index in [-0.39, 0.29) is 12.3 Å². The van der Waals surface area contributed by atoms with Crippen molar-refractivity contribution in [1.82, 2.24) is 15.3 Å². The van der Waals surface area contributed by atoms with Crippen molar-refractivity contribution < 1.29 is 27.1 Å². The fourth-order valence-electron chi connectivity index (χ4n) is 2.56. The Hall–Kier alpha value is -2.75. The summed E-state index contributed by atoms with van der Waals surface area (Å²) >= 11 is 0. The van der Waals surface area contributed by atoms with E-state index in [4.69, 9.17) is 4.74 Å². The largest absolute Gasteiger partial charge is 0.481 e. The first-order valence-corrected chi connectivity index (χ1v) is 7.99. The third kappa shape index (κ3) is 4.51. The maximum absolute atomic E-state index is 14.1. The molecule has 2 aromatic rings. The monoisotopic (exact) mass is 384 g/mol. The molecular weight excluding hydrogens is 368 g/mol.